The van der Waals surface area contributed by atoms with Gasteiger partial charge in [0.2, 0.25) is 17.3 Å². The van der Waals surface area contributed by atoms with Crippen LogP contribution in [0.4, 0.5) is 13.2 Å². The van der Waals surface area contributed by atoms with E-state index in [1.165, 1.54) is 25.1 Å². The first-order chi connectivity index (χ1) is 12.1. The first kappa shape index (κ1) is 20.9. The summed E-state index contributed by atoms with van der Waals surface area (Å²) in [6.07, 6.45) is 2.27. The SMILES string of the molecule is C=CCOC(=O)C(=CN(C)C)C(=O)c1cc(F)c(F)c(OC(C)=O)c1F. The lowest BCUT2D eigenvalue weighted by molar-refractivity contribution is -0.137. The van der Waals surface area contributed by atoms with Gasteiger partial charge in [0.15, 0.2) is 11.6 Å². The molecule has 0 saturated heterocycles. The fourth-order valence-corrected chi connectivity index (χ4v) is 1.80. The molecule has 0 atom stereocenters. The Balaban J connectivity index is 3.48. The van der Waals surface area contributed by atoms with Gasteiger partial charge >= 0.3 is 11.9 Å². The molecule has 0 radical (unpaired) electrons. The van der Waals surface area contributed by atoms with Crippen LogP contribution in [-0.4, -0.2) is 43.3 Å². The number of carbonyl (C=O) groups excluding carboxylic acids is 3. The van der Waals surface area contributed by atoms with Crippen molar-refractivity contribution in [2.45, 2.75) is 6.92 Å². The second-order valence-electron chi connectivity index (χ2n) is 5.18. The van der Waals surface area contributed by atoms with Gasteiger partial charge < -0.3 is 14.4 Å². The minimum absolute atomic E-state index is 0.226. The van der Waals surface area contributed by atoms with Gasteiger partial charge in [-0.15, -0.1) is 0 Å². The predicted octanol–water partition coefficient (Wildman–Crippen LogP) is 2.39. The third kappa shape index (κ3) is 4.95. The van der Waals surface area contributed by atoms with Crippen molar-refractivity contribution in [3.63, 3.8) is 0 Å². The molecule has 9 heteroatoms. The molecule has 140 valence electrons. The van der Waals surface area contributed by atoms with E-state index in [1.807, 2.05) is 0 Å². The van der Waals surface area contributed by atoms with Crippen LogP contribution in [0.25, 0.3) is 0 Å². The first-order valence-corrected chi connectivity index (χ1v) is 7.17. The van der Waals surface area contributed by atoms with E-state index in [1.54, 1.807) is 0 Å². The summed E-state index contributed by atoms with van der Waals surface area (Å²) in [4.78, 5) is 36.8. The van der Waals surface area contributed by atoms with Crippen molar-refractivity contribution in [3.8, 4) is 5.75 Å². The maximum atomic E-state index is 14.4. The number of benzene rings is 1. The van der Waals surface area contributed by atoms with Crippen LogP contribution in [0.5, 0.6) is 5.75 Å². The quantitative estimate of drug-likeness (QED) is 0.107. The molecule has 0 aliphatic carbocycles. The molecule has 0 N–H and O–H groups in total. The number of rotatable bonds is 7. The topological polar surface area (TPSA) is 72.9 Å². The fourth-order valence-electron chi connectivity index (χ4n) is 1.80. The highest BCUT2D eigenvalue weighted by atomic mass is 19.2. The summed E-state index contributed by atoms with van der Waals surface area (Å²) in [6, 6.07) is 0.268. The zero-order chi connectivity index (χ0) is 20.0. The average Bonchev–Trinajstić information content (AvgIpc) is 2.56. The van der Waals surface area contributed by atoms with Crippen LogP contribution in [0.2, 0.25) is 0 Å². The molecule has 1 aromatic rings. The maximum Gasteiger partial charge on any atom is 0.343 e. The zero-order valence-corrected chi connectivity index (χ0v) is 14.3. The monoisotopic (exact) mass is 371 g/mol. The Morgan fingerprint density at radius 3 is 2.31 bits per heavy atom. The lowest BCUT2D eigenvalue weighted by atomic mass is 10.0. The number of hydrogen-bond donors (Lipinski definition) is 0. The van der Waals surface area contributed by atoms with Crippen molar-refractivity contribution in [2.24, 2.45) is 0 Å². The number of Topliss-reactive ketones (excluding diaryl/α,β-unsaturated/α-hetero) is 1. The van der Waals surface area contributed by atoms with E-state index in [-0.39, 0.29) is 12.7 Å². The molecule has 1 aromatic carbocycles. The van der Waals surface area contributed by atoms with Crippen LogP contribution in [0.1, 0.15) is 17.3 Å². The van der Waals surface area contributed by atoms with Gasteiger partial charge in [0.25, 0.3) is 0 Å². The van der Waals surface area contributed by atoms with Crippen molar-refractivity contribution in [2.75, 3.05) is 20.7 Å². The molecule has 0 amide bonds. The number of ketones is 1. The Labute approximate surface area is 147 Å². The van der Waals surface area contributed by atoms with E-state index in [0.717, 1.165) is 13.1 Å². The van der Waals surface area contributed by atoms with E-state index in [2.05, 4.69) is 11.3 Å². The number of hydrogen-bond acceptors (Lipinski definition) is 6. The molecule has 0 unspecified atom stereocenters. The molecule has 0 saturated carbocycles. The molecule has 0 heterocycles. The summed E-state index contributed by atoms with van der Waals surface area (Å²) >= 11 is 0. The minimum atomic E-state index is -1.78. The van der Waals surface area contributed by atoms with Crippen molar-refractivity contribution in [1.82, 2.24) is 4.90 Å². The van der Waals surface area contributed by atoms with Crippen LogP contribution in [0.3, 0.4) is 0 Å². The summed E-state index contributed by atoms with van der Waals surface area (Å²) in [5.74, 6) is -9.92. The van der Waals surface area contributed by atoms with Crippen molar-refractivity contribution in [1.29, 1.82) is 0 Å². The van der Waals surface area contributed by atoms with E-state index in [4.69, 9.17) is 4.74 Å². The summed E-state index contributed by atoms with van der Waals surface area (Å²) in [6.45, 7) is 3.95. The molecule has 0 aromatic heterocycles. The molecule has 6 nitrogen and oxygen atoms in total. The van der Waals surface area contributed by atoms with Crippen LogP contribution in [0.15, 0.2) is 30.5 Å². The van der Waals surface area contributed by atoms with E-state index in [0.29, 0.717) is 0 Å². The van der Waals surface area contributed by atoms with Gasteiger partial charge in [-0.05, 0) is 6.07 Å². The predicted molar refractivity (Wildman–Crippen MR) is 84.9 cm³/mol. The summed E-state index contributed by atoms with van der Waals surface area (Å²) in [7, 11) is 2.94. The Kier molecular flexibility index (Phi) is 7.12. The average molecular weight is 371 g/mol. The molecule has 0 aliphatic heterocycles. The van der Waals surface area contributed by atoms with Gasteiger partial charge in [-0.1, -0.05) is 12.7 Å². The summed E-state index contributed by atoms with van der Waals surface area (Å²) < 4.78 is 50.8. The molecule has 0 bridgehead atoms. The first-order valence-electron chi connectivity index (χ1n) is 7.17. The number of nitrogens with zero attached hydrogens (tertiary/aromatic N) is 1. The van der Waals surface area contributed by atoms with E-state index < -0.39 is 52.1 Å². The Morgan fingerprint density at radius 1 is 1.19 bits per heavy atom. The lowest BCUT2D eigenvalue weighted by Gasteiger charge is -2.13. The van der Waals surface area contributed by atoms with Crippen LogP contribution in [0, 0.1) is 17.5 Å². The van der Waals surface area contributed by atoms with Gasteiger partial charge in [0.1, 0.15) is 12.2 Å². The highest BCUT2D eigenvalue weighted by Crippen LogP contribution is 2.29. The number of carbonyl (C=O) groups is 3. The van der Waals surface area contributed by atoms with Crippen LogP contribution >= 0.6 is 0 Å². The van der Waals surface area contributed by atoms with Gasteiger partial charge in [0.05, 0.1) is 5.56 Å². The molecule has 0 spiro atoms. The van der Waals surface area contributed by atoms with Gasteiger partial charge in [-0.25, -0.2) is 13.6 Å². The smallest absolute Gasteiger partial charge is 0.343 e. The van der Waals surface area contributed by atoms with Crippen molar-refractivity contribution in [3.05, 3.63) is 53.5 Å². The fraction of sp³-hybridized carbons (Fsp3) is 0.235. The second-order valence-corrected chi connectivity index (χ2v) is 5.18. The Bertz CT molecular complexity index is 787. The van der Waals surface area contributed by atoms with Crippen LogP contribution in [-0.2, 0) is 14.3 Å². The molecular formula is C17H16F3NO5. The maximum absolute atomic E-state index is 14.4. The third-order valence-electron chi connectivity index (χ3n) is 2.79. The lowest BCUT2D eigenvalue weighted by Crippen LogP contribution is -2.21. The molecule has 26 heavy (non-hydrogen) atoms. The van der Waals surface area contributed by atoms with E-state index >= 15 is 0 Å². The van der Waals surface area contributed by atoms with Crippen LogP contribution < -0.4 is 4.74 Å². The number of halogens is 3. The zero-order valence-electron chi connectivity index (χ0n) is 14.3. The number of ether oxygens (including phenoxy) is 2. The highest BCUT2D eigenvalue weighted by Gasteiger charge is 2.30. The van der Waals surface area contributed by atoms with E-state index in [9.17, 15) is 27.6 Å². The Hall–Kier alpha value is -3.10. The normalized spacial score (nSPS) is 10.9. The standard InChI is InChI=1S/C17H16F3NO5/c1-5-6-25-17(24)11(8-21(3)4)15(23)10-7-12(18)14(20)16(13(10)19)26-9(2)22/h5,7-8H,1,6H2,2-4H3. The van der Waals surface area contributed by atoms with Gasteiger partial charge in [0, 0.05) is 27.2 Å². The third-order valence-corrected chi connectivity index (χ3v) is 2.79. The van der Waals surface area contributed by atoms with Gasteiger partial charge in [-0.3, -0.25) is 9.59 Å². The van der Waals surface area contributed by atoms with Crippen molar-refractivity contribution < 1.29 is 37.0 Å². The molecule has 0 fully saturated rings. The molecular weight excluding hydrogens is 355 g/mol. The van der Waals surface area contributed by atoms with Gasteiger partial charge in [-0.2, -0.15) is 4.39 Å². The summed E-state index contributed by atoms with van der Waals surface area (Å²) in [5.41, 5.74) is -1.64. The summed E-state index contributed by atoms with van der Waals surface area (Å²) in [5, 5.41) is 0. The second kappa shape index (κ2) is 8.84. The number of esters is 2. The van der Waals surface area contributed by atoms with Crippen molar-refractivity contribution >= 4 is 17.7 Å². The highest BCUT2D eigenvalue weighted by molar-refractivity contribution is 6.24. The molecule has 1 rings (SSSR count). The minimum Gasteiger partial charge on any atom is -0.458 e. The molecule has 0 aliphatic rings. The largest absolute Gasteiger partial charge is 0.458 e. The Morgan fingerprint density at radius 2 is 1.81 bits per heavy atom.